The molecule has 2 aromatic rings. The molecule has 5 heteroatoms. The molecule has 1 aliphatic rings. The molecular weight excluding hydrogens is 268 g/mol. The summed E-state index contributed by atoms with van der Waals surface area (Å²) in [5.74, 6) is -0.705. The van der Waals surface area contributed by atoms with Gasteiger partial charge in [0.2, 0.25) is 5.76 Å². The molecule has 3 rings (SSSR count). The summed E-state index contributed by atoms with van der Waals surface area (Å²) in [5, 5.41) is 11.9. The number of nitrogens with zero attached hydrogens (tertiary/aromatic N) is 1. The molecule has 2 N–H and O–H groups in total. The zero-order chi connectivity index (χ0) is 14.7. The lowest BCUT2D eigenvalue weighted by Crippen LogP contribution is -2.29. The summed E-state index contributed by atoms with van der Waals surface area (Å²) in [6.07, 6.45) is 3.83. The highest BCUT2D eigenvalue weighted by molar-refractivity contribution is 5.85. The van der Waals surface area contributed by atoms with E-state index in [1.54, 1.807) is 6.07 Å². The molecule has 0 spiro atoms. The van der Waals surface area contributed by atoms with Gasteiger partial charge in [-0.2, -0.15) is 0 Å². The van der Waals surface area contributed by atoms with E-state index in [-0.39, 0.29) is 5.76 Å². The number of carboxylic acids is 1. The fraction of sp³-hybridized carbons (Fsp3) is 0.312. The van der Waals surface area contributed by atoms with Crippen molar-refractivity contribution in [3.05, 3.63) is 42.2 Å². The number of hydrogen-bond acceptors (Lipinski definition) is 4. The number of hydrogen-bond donors (Lipinski definition) is 2. The van der Waals surface area contributed by atoms with Crippen molar-refractivity contribution in [3.8, 4) is 0 Å². The first kappa shape index (κ1) is 13.5. The number of benzene rings is 1. The Kier molecular flexibility index (Phi) is 3.81. The maximum atomic E-state index is 10.8. The molecule has 1 aromatic heterocycles. The minimum absolute atomic E-state index is 0.0672. The normalized spacial score (nSPS) is 15.0. The molecule has 21 heavy (non-hydrogen) atoms. The summed E-state index contributed by atoms with van der Waals surface area (Å²) in [4.78, 5) is 13.2. The van der Waals surface area contributed by atoms with Gasteiger partial charge < -0.3 is 19.7 Å². The molecule has 1 aliphatic heterocycles. The molecule has 1 saturated heterocycles. The van der Waals surface area contributed by atoms with Gasteiger partial charge in [0, 0.05) is 30.5 Å². The van der Waals surface area contributed by atoms with E-state index in [0.29, 0.717) is 5.88 Å². The zero-order valence-corrected chi connectivity index (χ0v) is 11.7. The number of piperidine rings is 1. The SMILES string of the molecule is O=C(O)c1ccc(Nc2ccc(N3CCCCC3)cc2)o1. The molecule has 0 aliphatic carbocycles. The van der Waals surface area contributed by atoms with Crippen LogP contribution in [0.25, 0.3) is 0 Å². The molecular formula is C16H18N2O3. The highest BCUT2D eigenvalue weighted by Crippen LogP contribution is 2.24. The Morgan fingerprint density at radius 3 is 2.38 bits per heavy atom. The first-order valence-electron chi connectivity index (χ1n) is 7.17. The summed E-state index contributed by atoms with van der Waals surface area (Å²) in [7, 11) is 0. The predicted octanol–water partition coefficient (Wildman–Crippen LogP) is 3.71. The Balaban J connectivity index is 1.67. The van der Waals surface area contributed by atoms with Crippen LogP contribution in [0.1, 0.15) is 29.8 Å². The second-order valence-electron chi connectivity index (χ2n) is 5.19. The molecule has 0 atom stereocenters. The van der Waals surface area contributed by atoms with Crippen LogP contribution in [-0.2, 0) is 0 Å². The maximum Gasteiger partial charge on any atom is 0.371 e. The van der Waals surface area contributed by atoms with Crippen LogP contribution < -0.4 is 10.2 Å². The number of carboxylic acid groups (broad SMARTS) is 1. The Bertz CT molecular complexity index is 613. The second kappa shape index (κ2) is 5.91. The smallest absolute Gasteiger partial charge is 0.371 e. The monoisotopic (exact) mass is 286 g/mol. The average Bonchev–Trinajstić information content (AvgIpc) is 2.98. The number of anilines is 3. The van der Waals surface area contributed by atoms with Crippen LogP contribution in [0.15, 0.2) is 40.8 Å². The van der Waals surface area contributed by atoms with Crippen LogP contribution in [0, 0.1) is 0 Å². The number of aromatic carboxylic acids is 1. The summed E-state index contributed by atoms with van der Waals surface area (Å²) in [6, 6.07) is 11.2. The van der Waals surface area contributed by atoms with Crippen molar-refractivity contribution < 1.29 is 14.3 Å². The van der Waals surface area contributed by atoms with E-state index in [1.165, 1.54) is 31.0 Å². The molecule has 0 saturated carbocycles. The highest BCUT2D eigenvalue weighted by atomic mass is 16.4. The summed E-state index contributed by atoms with van der Waals surface area (Å²) < 4.78 is 5.17. The summed E-state index contributed by atoms with van der Waals surface area (Å²) >= 11 is 0. The van der Waals surface area contributed by atoms with E-state index in [0.717, 1.165) is 18.8 Å². The van der Waals surface area contributed by atoms with Crippen molar-refractivity contribution in [2.24, 2.45) is 0 Å². The Hall–Kier alpha value is -2.43. The quantitative estimate of drug-likeness (QED) is 0.897. The molecule has 0 amide bonds. The van der Waals surface area contributed by atoms with Crippen molar-refractivity contribution in [2.75, 3.05) is 23.3 Å². The van der Waals surface area contributed by atoms with Gasteiger partial charge >= 0.3 is 5.97 Å². The first-order chi connectivity index (χ1) is 10.2. The minimum atomic E-state index is -1.07. The van der Waals surface area contributed by atoms with Crippen LogP contribution in [0.4, 0.5) is 17.3 Å². The largest absolute Gasteiger partial charge is 0.475 e. The van der Waals surface area contributed by atoms with Crippen molar-refractivity contribution in [3.63, 3.8) is 0 Å². The maximum absolute atomic E-state index is 10.8. The predicted molar refractivity (Wildman–Crippen MR) is 81.5 cm³/mol. The Morgan fingerprint density at radius 1 is 1.05 bits per heavy atom. The lowest BCUT2D eigenvalue weighted by atomic mass is 10.1. The van der Waals surface area contributed by atoms with Crippen LogP contribution >= 0.6 is 0 Å². The third-order valence-corrected chi connectivity index (χ3v) is 3.67. The van der Waals surface area contributed by atoms with Crippen LogP contribution in [0.3, 0.4) is 0 Å². The minimum Gasteiger partial charge on any atom is -0.475 e. The standard InChI is InChI=1S/C16H18N2O3/c19-16(20)14-8-9-15(21-14)17-12-4-6-13(7-5-12)18-10-2-1-3-11-18/h4-9,17H,1-3,10-11H2,(H,19,20). The van der Waals surface area contributed by atoms with E-state index in [9.17, 15) is 4.79 Å². The van der Waals surface area contributed by atoms with Gasteiger partial charge in [-0.3, -0.25) is 0 Å². The summed E-state index contributed by atoms with van der Waals surface area (Å²) in [6.45, 7) is 2.24. The van der Waals surface area contributed by atoms with Crippen molar-refractivity contribution >= 4 is 23.2 Å². The Labute approximate surface area is 123 Å². The van der Waals surface area contributed by atoms with Gasteiger partial charge in [0.25, 0.3) is 0 Å². The van der Waals surface area contributed by atoms with Gasteiger partial charge in [0.1, 0.15) is 0 Å². The molecule has 2 heterocycles. The van der Waals surface area contributed by atoms with Crippen molar-refractivity contribution in [1.29, 1.82) is 0 Å². The second-order valence-corrected chi connectivity index (χ2v) is 5.19. The third kappa shape index (κ3) is 3.18. The fourth-order valence-corrected chi connectivity index (χ4v) is 2.57. The van der Waals surface area contributed by atoms with Gasteiger partial charge in [0.05, 0.1) is 0 Å². The topological polar surface area (TPSA) is 65.7 Å². The molecule has 0 radical (unpaired) electrons. The molecule has 1 aromatic carbocycles. The number of rotatable bonds is 4. The van der Waals surface area contributed by atoms with Crippen LogP contribution in [-0.4, -0.2) is 24.2 Å². The van der Waals surface area contributed by atoms with Crippen molar-refractivity contribution in [1.82, 2.24) is 0 Å². The zero-order valence-electron chi connectivity index (χ0n) is 11.7. The van der Waals surface area contributed by atoms with E-state index in [1.807, 2.05) is 12.1 Å². The summed E-state index contributed by atoms with van der Waals surface area (Å²) in [5.41, 5.74) is 2.10. The lowest BCUT2D eigenvalue weighted by molar-refractivity contribution is 0.0663. The Morgan fingerprint density at radius 2 is 1.76 bits per heavy atom. The van der Waals surface area contributed by atoms with Gasteiger partial charge in [-0.25, -0.2) is 4.79 Å². The average molecular weight is 286 g/mol. The van der Waals surface area contributed by atoms with E-state index in [2.05, 4.69) is 22.3 Å². The van der Waals surface area contributed by atoms with Gasteiger partial charge in [-0.1, -0.05) is 0 Å². The van der Waals surface area contributed by atoms with Gasteiger partial charge in [-0.15, -0.1) is 0 Å². The molecule has 0 bridgehead atoms. The number of carbonyl (C=O) groups is 1. The van der Waals surface area contributed by atoms with Gasteiger partial charge in [-0.05, 0) is 49.6 Å². The van der Waals surface area contributed by atoms with E-state index >= 15 is 0 Å². The fourth-order valence-electron chi connectivity index (χ4n) is 2.57. The molecule has 1 fully saturated rings. The highest BCUT2D eigenvalue weighted by Gasteiger charge is 2.11. The van der Waals surface area contributed by atoms with Crippen LogP contribution in [0.5, 0.6) is 0 Å². The third-order valence-electron chi connectivity index (χ3n) is 3.67. The first-order valence-corrected chi connectivity index (χ1v) is 7.17. The number of nitrogens with one attached hydrogen (secondary N) is 1. The van der Waals surface area contributed by atoms with Crippen LogP contribution in [0.2, 0.25) is 0 Å². The van der Waals surface area contributed by atoms with E-state index < -0.39 is 5.97 Å². The molecule has 5 nitrogen and oxygen atoms in total. The van der Waals surface area contributed by atoms with Gasteiger partial charge in [0.15, 0.2) is 5.88 Å². The lowest BCUT2D eigenvalue weighted by Gasteiger charge is -2.28. The molecule has 0 unspecified atom stereocenters. The molecule has 110 valence electrons. The number of furan rings is 1. The van der Waals surface area contributed by atoms with Crippen molar-refractivity contribution in [2.45, 2.75) is 19.3 Å². The van der Waals surface area contributed by atoms with E-state index in [4.69, 9.17) is 9.52 Å².